The van der Waals surface area contributed by atoms with Crippen LogP contribution in [0.1, 0.15) is 0 Å². The van der Waals surface area contributed by atoms with Gasteiger partial charge in [0.2, 0.25) is 0 Å². The summed E-state index contributed by atoms with van der Waals surface area (Å²) < 4.78 is 29.5. The van der Waals surface area contributed by atoms with Gasteiger partial charge in [0, 0.05) is 0 Å². The van der Waals surface area contributed by atoms with Crippen LogP contribution in [-0.2, 0) is 18.1 Å². The van der Waals surface area contributed by atoms with Gasteiger partial charge in [0.1, 0.15) is 0 Å². The molecule has 0 radical (unpaired) electrons. The number of hydrogen-bond acceptors (Lipinski definition) is 7. The molecule has 7 N–H and O–H groups in total. The molecule has 0 aromatic carbocycles. The zero-order valence-corrected chi connectivity index (χ0v) is 5.77. The molecule has 9 heteroatoms. The molecule has 0 unspecified atom stereocenters. The molecular weight excluding hydrogens is 171 g/mol. The zero-order valence-electron chi connectivity index (χ0n) is 4.21. The van der Waals surface area contributed by atoms with Crippen LogP contribution in [0.2, 0.25) is 0 Å². The Balaban J connectivity index is 0. The van der Waals surface area contributed by atoms with Crippen molar-refractivity contribution in [1.29, 1.82) is 0 Å². The maximum atomic E-state index is 7.38. The summed E-state index contributed by atoms with van der Waals surface area (Å²) in [6.45, 7) is 0. The molecule has 56 valence electrons. The number of hydrogen-bond donors (Lipinski definition) is 7. The molecule has 0 aliphatic carbocycles. The van der Waals surface area contributed by atoms with Gasteiger partial charge in [-0.1, -0.05) is 0 Å². The molecule has 9 heavy (non-hydrogen) atoms. The molecule has 0 saturated carbocycles. The first-order valence-corrected chi connectivity index (χ1v) is 4.46. The molecule has 0 aliphatic rings. The van der Waals surface area contributed by atoms with Crippen molar-refractivity contribution in [2.24, 2.45) is 0 Å². The van der Waals surface area contributed by atoms with Crippen LogP contribution >= 0.6 is 0 Å². The molecule has 0 fully saturated rings. The maximum absolute atomic E-state index is 7.38. The minimum absolute atomic E-state index is 2.17. The Hall–Kier alpha value is 0.499. The van der Waals surface area contributed by atoms with Crippen molar-refractivity contribution in [3.63, 3.8) is 0 Å². The van der Waals surface area contributed by atoms with E-state index in [4.69, 9.17) is 29.8 Å². The fraction of sp³-hybridized carbons (Fsp3) is 0. The monoisotopic (exact) mass is 178 g/mol. The number of rotatable bonds is 0. The van der Waals surface area contributed by atoms with Gasteiger partial charge in [-0.05, 0) is 0 Å². The van der Waals surface area contributed by atoms with Crippen LogP contribution < -0.4 is 0 Å². The van der Waals surface area contributed by atoms with Gasteiger partial charge < -0.3 is 15.1 Å². The predicted molar refractivity (Wildman–Crippen MR) is 21.3 cm³/mol. The first kappa shape index (κ1) is 12.2. The summed E-state index contributed by atoms with van der Waals surface area (Å²) in [5.74, 6) is 0. The van der Waals surface area contributed by atoms with E-state index in [2.05, 4.69) is 0 Å². The Morgan fingerprint density at radius 1 is 0.778 bits per heavy atom. The fourth-order valence-electron chi connectivity index (χ4n) is 0. The molecular formula is H7BO7Ti. The van der Waals surface area contributed by atoms with Crippen LogP contribution in [0.25, 0.3) is 0 Å². The van der Waals surface area contributed by atoms with Crippen molar-refractivity contribution in [2.45, 2.75) is 0 Å². The van der Waals surface area contributed by atoms with Crippen molar-refractivity contribution in [1.82, 2.24) is 0 Å². The third-order valence-electron chi connectivity index (χ3n) is 0. The molecule has 0 bridgehead atoms. The van der Waals surface area contributed by atoms with E-state index < -0.39 is 25.5 Å². The Kier molecular flexibility index (Phi) is 7.18. The van der Waals surface area contributed by atoms with Crippen molar-refractivity contribution in [3.05, 3.63) is 0 Å². The molecule has 0 rings (SSSR count). The van der Waals surface area contributed by atoms with Gasteiger partial charge in [0.25, 0.3) is 0 Å². The zero-order chi connectivity index (χ0) is 8.08. The van der Waals surface area contributed by atoms with Gasteiger partial charge in [-0.2, -0.15) is 0 Å². The molecule has 0 spiro atoms. The quantitative estimate of drug-likeness (QED) is 0.186. The van der Waals surface area contributed by atoms with Crippen LogP contribution in [0, 0.1) is 0 Å². The summed E-state index contributed by atoms with van der Waals surface area (Å²) >= 11 is -5.00. The van der Waals surface area contributed by atoms with Gasteiger partial charge in [0.05, 0.1) is 0 Å². The van der Waals surface area contributed by atoms with Gasteiger partial charge in [-0.15, -0.1) is 0 Å². The predicted octanol–water partition coefficient (Wildman–Crippen LogP) is -4.28. The Labute approximate surface area is 55.9 Å². The molecule has 0 aliphatic heterocycles. The molecule has 0 saturated heterocycles. The van der Waals surface area contributed by atoms with E-state index in [1.54, 1.807) is 0 Å². The summed E-state index contributed by atoms with van der Waals surface area (Å²) in [4.78, 5) is 0. The van der Waals surface area contributed by atoms with E-state index in [-0.39, 0.29) is 0 Å². The van der Waals surface area contributed by atoms with E-state index in [9.17, 15) is 0 Å². The summed E-state index contributed by atoms with van der Waals surface area (Å²) in [6, 6.07) is 0. The van der Waals surface area contributed by atoms with Crippen LogP contribution in [0.5, 0.6) is 0 Å². The van der Waals surface area contributed by atoms with Gasteiger partial charge in [-0.25, -0.2) is 0 Å². The van der Waals surface area contributed by atoms with Crippen LogP contribution in [-0.4, -0.2) is 37.1 Å². The topological polar surface area (TPSA) is 142 Å². The van der Waals surface area contributed by atoms with Crippen LogP contribution in [0.3, 0.4) is 0 Å². The fourth-order valence-corrected chi connectivity index (χ4v) is 0. The second kappa shape index (κ2) is 5.30. The average Bonchev–Trinajstić information content (AvgIpc) is 1.19. The first-order chi connectivity index (χ1) is 3.73. The summed E-state index contributed by atoms with van der Waals surface area (Å²) in [5, 5.41) is 21.5. The summed E-state index contributed by atoms with van der Waals surface area (Å²) in [5.41, 5.74) is 0. The van der Waals surface area contributed by atoms with E-state index in [1.807, 2.05) is 0 Å². The van der Waals surface area contributed by atoms with Crippen LogP contribution in [0.4, 0.5) is 0 Å². The summed E-state index contributed by atoms with van der Waals surface area (Å²) in [7, 11) is -2.17. The van der Waals surface area contributed by atoms with Crippen LogP contribution in [0.15, 0.2) is 0 Å². The molecule has 0 amide bonds. The standard InChI is InChI=1S/BH3O3.4H2O.Ti/c2-1(3)4;;;;;/h2-4H;4*1H2;/q;;;;;+4/p-4. The Bertz CT molecular complexity index is 45.7. The van der Waals surface area contributed by atoms with Gasteiger partial charge >= 0.3 is 40.2 Å². The second-order valence-corrected chi connectivity index (χ2v) is 2.82. The third-order valence-corrected chi connectivity index (χ3v) is 0. The van der Waals surface area contributed by atoms with Crippen molar-refractivity contribution >= 4 is 7.32 Å². The normalized spacial score (nSPS) is 9.67. The molecule has 7 nitrogen and oxygen atoms in total. The molecule has 0 atom stereocenters. The van der Waals surface area contributed by atoms with E-state index in [1.165, 1.54) is 0 Å². The SMILES string of the molecule is OB(O)O.[OH][Ti]([OH])([OH])[OH]. The second-order valence-electron chi connectivity index (χ2n) is 0.946. The Morgan fingerprint density at radius 2 is 0.778 bits per heavy atom. The third kappa shape index (κ3) is 1440. The molecule has 0 heterocycles. The molecule has 0 aromatic rings. The van der Waals surface area contributed by atoms with Crippen molar-refractivity contribution in [3.8, 4) is 0 Å². The van der Waals surface area contributed by atoms with E-state index in [0.717, 1.165) is 0 Å². The summed E-state index contributed by atoms with van der Waals surface area (Å²) in [6.07, 6.45) is 0. The first-order valence-electron chi connectivity index (χ1n) is 1.67. The average molecular weight is 178 g/mol. The minimum atomic E-state index is -5.00. The Morgan fingerprint density at radius 3 is 0.778 bits per heavy atom. The van der Waals surface area contributed by atoms with E-state index in [0.29, 0.717) is 0 Å². The molecule has 0 aromatic heterocycles. The van der Waals surface area contributed by atoms with Gasteiger partial charge in [0.15, 0.2) is 0 Å². The van der Waals surface area contributed by atoms with Crippen molar-refractivity contribution < 1.29 is 48.0 Å². The van der Waals surface area contributed by atoms with Crippen molar-refractivity contribution in [2.75, 3.05) is 0 Å². The van der Waals surface area contributed by atoms with E-state index >= 15 is 0 Å². The van der Waals surface area contributed by atoms with Gasteiger partial charge in [-0.3, -0.25) is 0 Å².